The van der Waals surface area contributed by atoms with Crippen molar-refractivity contribution in [1.82, 2.24) is 0 Å². The number of ether oxygens (including phenoxy) is 4. The molecule has 6 heteroatoms. The molecule has 0 unspecified atom stereocenters. The number of carbonyl (C=O) groups excluding carboxylic acids is 1. The standard InChI is InChI=1S/C19H32O6/c1-10-8-12(24-11(2)20)14-17(3,4)9-18(5)16(23-7)25-15(22-6)13(10)19(14,18)21/h10,12-16,21H,8-9H2,1-7H3/t10-,12+,13-,14+,15+,16+,18-,19-/m1/s1. The molecule has 3 rings (SSSR count). The first-order valence-electron chi connectivity index (χ1n) is 9.13. The van der Waals surface area contributed by atoms with Gasteiger partial charge in [0.2, 0.25) is 0 Å². The minimum atomic E-state index is -1.10. The van der Waals surface area contributed by atoms with Crippen LogP contribution in [0.2, 0.25) is 0 Å². The number of hydrogen-bond donors (Lipinski definition) is 1. The molecule has 0 aromatic rings. The van der Waals surface area contributed by atoms with Gasteiger partial charge in [0.05, 0.1) is 5.60 Å². The van der Waals surface area contributed by atoms with E-state index >= 15 is 0 Å². The second-order valence-electron chi connectivity index (χ2n) is 9.08. The van der Waals surface area contributed by atoms with Crippen LogP contribution in [0.15, 0.2) is 0 Å². The van der Waals surface area contributed by atoms with Gasteiger partial charge in [-0.15, -0.1) is 0 Å². The lowest BCUT2D eigenvalue weighted by Crippen LogP contribution is -2.71. The Hall–Kier alpha value is -0.690. The molecule has 0 amide bonds. The maximum atomic E-state index is 12.2. The molecule has 2 aliphatic carbocycles. The van der Waals surface area contributed by atoms with Crippen molar-refractivity contribution in [2.45, 2.75) is 71.7 Å². The van der Waals surface area contributed by atoms with Gasteiger partial charge in [-0.1, -0.05) is 27.7 Å². The Morgan fingerprint density at radius 2 is 1.84 bits per heavy atom. The van der Waals surface area contributed by atoms with Crippen LogP contribution in [-0.4, -0.2) is 49.6 Å². The number of methoxy groups -OCH3 is 2. The van der Waals surface area contributed by atoms with E-state index in [2.05, 4.69) is 20.8 Å². The Labute approximate surface area is 150 Å². The van der Waals surface area contributed by atoms with Crippen LogP contribution in [0.25, 0.3) is 0 Å². The van der Waals surface area contributed by atoms with E-state index in [1.165, 1.54) is 6.92 Å². The highest BCUT2D eigenvalue weighted by molar-refractivity contribution is 5.66. The first-order chi connectivity index (χ1) is 11.5. The van der Waals surface area contributed by atoms with E-state index in [1.54, 1.807) is 14.2 Å². The van der Waals surface area contributed by atoms with Crippen molar-refractivity contribution in [3.63, 3.8) is 0 Å². The van der Waals surface area contributed by atoms with Gasteiger partial charge >= 0.3 is 5.97 Å². The number of rotatable bonds is 3. The second-order valence-corrected chi connectivity index (χ2v) is 9.08. The van der Waals surface area contributed by atoms with Gasteiger partial charge < -0.3 is 24.1 Å². The summed E-state index contributed by atoms with van der Waals surface area (Å²) in [6.07, 6.45) is -0.0352. The van der Waals surface area contributed by atoms with Gasteiger partial charge in [-0.3, -0.25) is 4.79 Å². The van der Waals surface area contributed by atoms with Gasteiger partial charge in [0.25, 0.3) is 0 Å². The van der Waals surface area contributed by atoms with Crippen LogP contribution in [0, 0.1) is 28.6 Å². The van der Waals surface area contributed by atoms with Gasteiger partial charge in [-0.2, -0.15) is 0 Å². The molecule has 0 spiro atoms. The Morgan fingerprint density at radius 1 is 1.20 bits per heavy atom. The van der Waals surface area contributed by atoms with Crippen LogP contribution >= 0.6 is 0 Å². The lowest BCUT2D eigenvalue weighted by molar-refractivity contribution is -0.389. The predicted octanol–water partition coefficient (Wildman–Crippen LogP) is 2.33. The van der Waals surface area contributed by atoms with Crippen molar-refractivity contribution in [2.75, 3.05) is 14.2 Å². The average molecular weight is 356 g/mol. The Balaban J connectivity index is 2.16. The molecule has 0 radical (unpaired) electrons. The fourth-order valence-electron chi connectivity index (χ4n) is 6.56. The summed E-state index contributed by atoms with van der Waals surface area (Å²) in [5, 5.41) is 12.2. The molecule has 0 bridgehead atoms. The number of esters is 1. The van der Waals surface area contributed by atoms with Gasteiger partial charge in [-0.25, -0.2) is 0 Å². The molecule has 0 aromatic carbocycles. The first-order valence-corrected chi connectivity index (χ1v) is 9.13. The summed E-state index contributed by atoms with van der Waals surface area (Å²) in [5.74, 6) is -0.620. The summed E-state index contributed by atoms with van der Waals surface area (Å²) in [5.41, 5.74) is -1.94. The topological polar surface area (TPSA) is 74.2 Å². The van der Waals surface area contributed by atoms with E-state index in [0.717, 1.165) is 6.42 Å². The quantitative estimate of drug-likeness (QED) is 0.783. The van der Waals surface area contributed by atoms with Gasteiger partial charge in [0, 0.05) is 38.4 Å². The van der Waals surface area contributed by atoms with Crippen molar-refractivity contribution in [1.29, 1.82) is 0 Å². The van der Waals surface area contributed by atoms with Gasteiger partial charge in [-0.05, 0) is 24.2 Å². The molecule has 0 aromatic heterocycles. The molecule has 3 fully saturated rings. The average Bonchev–Trinajstić information content (AvgIpc) is 2.64. The number of carbonyl (C=O) groups is 1. The molecule has 8 atom stereocenters. The third-order valence-electron chi connectivity index (χ3n) is 6.99. The number of aliphatic hydroxyl groups is 1. The summed E-state index contributed by atoms with van der Waals surface area (Å²) in [6.45, 7) is 9.81. The van der Waals surface area contributed by atoms with Crippen LogP contribution in [-0.2, 0) is 23.7 Å². The predicted molar refractivity (Wildman–Crippen MR) is 90.4 cm³/mol. The summed E-state index contributed by atoms with van der Waals surface area (Å²) in [7, 11) is 3.20. The van der Waals surface area contributed by atoms with Crippen LogP contribution < -0.4 is 0 Å². The highest BCUT2D eigenvalue weighted by Gasteiger charge is 2.77. The molecule has 2 saturated carbocycles. The van der Waals surface area contributed by atoms with E-state index in [9.17, 15) is 9.90 Å². The highest BCUT2D eigenvalue weighted by Crippen LogP contribution is 2.70. The van der Waals surface area contributed by atoms with E-state index in [-0.39, 0.29) is 35.2 Å². The summed E-state index contributed by atoms with van der Waals surface area (Å²) in [4.78, 5) is 11.7. The fourth-order valence-corrected chi connectivity index (χ4v) is 6.56. The third-order valence-corrected chi connectivity index (χ3v) is 6.99. The van der Waals surface area contributed by atoms with Crippen LogP contribution in [0.4, 0.5) is 0 Å². The zero-order valence-corrected chi connectivity index (χ0v) is 16.4. The van der Waals surface area contributed by atoms with Gasteiger partial charge in [0.1, 0.15) is 6.10 Å². The fraction of sp³-hybridized carbons (Fsp3) is 0.947. The summed E-state index contributed by atoms with van der Waals surface area (Å²) < 4.78 is 23.1. The normalized spacial score (nSPS) is 51.0. The van der Waals surface area contributed by atoms with E-state index in [1.807, 2.05) is 6.92 Å². The molecule has 6 nitrogen and oxygen atoms in total. The highest BCUT2D eigenvalue weighted by atomic mass is 16.8. The zero-order valence-electron chi connectivity index (χ0n) is 16.4. The third kappa shape index (κ3) is 2.41. The lowest BCUT2D eigenvalue weighted by atomic mass is 9.54. The van der Waals surface area contributed by atoms with Crippen LogP contribution in [0.5, 0.6) is 0 Å². The SMILES string of the molecule is CO[C@H]1O[C@H](OC)[C@@]2(C)CC(C)(C)[C@@H]3[C@@H](OC(C)=O)C[C@@H](C)[C@H]1[C@@]32O. The van der Waals surface area contributed by atoms with Crippen molar-refractivity contribution >= 4 is 5.97 Å². The Bertz CT molecular complexity index is 548. The van der Waals surface area contributed by atoms with E-state index in [4.69, 9.17) is 18.9 Å². The maximum Gasteiger partial charge on any atom is 0.302 e. The zero-order chi connectivity index (χ0) is 18.8. The maximum absolute atomic E-state index is 12.2. The summed E-state index contributed by atoms with van der Waals surface area (Å²) >= 11 is 0. The molecular weight excluding hydrogens is 324 g/mol. The van der Waals surface area contributed by atoms with E-state index < -0.39 is 23.6 Å². The lowest BCUT2D eigenvalue weighted by Gasteiger charge is -2.61. The van der Waals surface area contributed by atoms with Crippen molar-refractivity contribution in [3.05, 3.63) is 0 Å². The molecule has 25 heavy (non-hydrogen) atoms. The first kappa shape index (κ1) is 19.1. The molecule has 1 aliphatic heterocycles. The van der Waals surface area contributed by atoms with Crippen molar-refractivity contribution in [2.24, 2.45) is 28.6 Å². The van der Waals surface area contributed by atoms with Gasteiger partial charge in [0.15, 0.2) is 12.6 Å². The van der Waals surface area contributed by atoms with Crippen molar-refractivity contribution < 1.29 is 28.8 Å². The second kappa shape index (κ2) is 5.91. The van der Waals surface area contributed by atoms with Crippen molar-refractivity contribution in [3.8, 4) is 0 Å². The van der Waals surface area contributed by atoms with Crippen LogP contribution in [0.1, 0.15) is 47.5 Å². The minimum absolute atomic E-state index is 0.0848. The molecule has 1 N–H and O–H groups in total. The summed E-state index contributed by atoms with van der Waals surface area (Å²) in [6, 6.07) is 0. The Morgan fingerprint density at radius 3 is 2.36 bits per heavy atom. The molecule has 144 valence electrons. The molecule has 1 saturated heterocycles. The molecule has 3 aliphatic rings. The Kier molecular flexibility index (Phi) is 4.51. The molecule has 1 heterocycles. The monoisotopic (exact) mass is 356 g/mol. The van der Waals surface area contributed by atoms with E-state index in [0.29, 0.717) is 6.42 Å². The largest absolute Gasteiger partial charge is 0.462 e. The molecular formula is C19H32O6. The smallest absolute Gasteiger partial charge is 0.302 e. The van der Waals surface area contributed by atoms with Crippen LogP contribution in [0.3, 0.4) is 0 Å². The minimum Gasteiger partial charge on any atom is -0.462 e. The number of hydrogen-bond acceptors (Lipinski definition) is 6.